The van der Waals surface area contributed by atoms with Crippen LogP contribution in [-0.4, -0.2) is 46.4 Å². The maximum absolute atomic E-state index is 5.19. The van der Waals surface area contributed by atoms with Crippen LogP contribution in [0, 0.1) is 5.92 Å². The first kappa shape index (κ1) is 19.7. The molecule has 0 saturated carbocycles. The fourth-order valence-corrected chi connectivity index (χ4v) is 5.46. The maximum Gasteiger partial charge on any atom is 0.139 e. The van der Waals surface area contributed by atoms with E-state index >= 15 is 0 Å². The van der Waals surface area contributed by atoms with Crippen molar-refractivity contribution in [2.75, 3.05) is 19.6 Å². The summed E-state index contributed by atoms with van der Waals surface area (Å²) < 4.78 is 0. The predicted octanol–water partition coefficient (Wildman–Crippen LogP) is 4.98. The molecule has 0 spiro atoms. The molecule has 1 unspecified atom stereocenters. The van der Waals surface area contributed by atoms with Crippen LogP contribution in [0.5, 0.6) is 0 Å². The van der Waals surface area contributed by atoms with Crippen LogP contribution in [0.1, 0.15) is 19.0 Å². The van der Waals surface area contributed by atoms with Gasteiger partial charge in [0, 0.05) is 46.7 Å². The van der Waals surface area contributed by atoms with E-state index in [-0.39, 0.29) is 6.17 Å². The summed E-state index contributed by atoms with van der Waals surface area (Å²) in [6, 6.07) is 12.8. The second kappa shape index (κ2) is 7.67. The highest BCUT2D eigenvalue weighted by molar-refractivity contribution is 6.18. The fraction of sp³-hybridized carbons (Fsp3) is 0.241. The Balaban J connectivity index is 1.37. The van der Waals surface area contributed by atoms with Gasteiger partial charge in [-0.25, -0.2) is 0 Å². The molecule has 1 aliphatic carbocycles. The summed E-state index contributed by atoms with van der Waals surface area (Å²) in [4.78, 5) is 15.6. The summed E-state index contributed by atoms with van der Waals surface area (Å²) in [7, 11) is 0. The number of benzene rings is 1. The zero-order chi connectivity index (χ0) is 22.6. The van der Waals surface area contributed by atoms with Crippen molar-refractivity contribution in [1.29, 1.82) is 0 Å². The molecule has 3 aromatic rings. The summed E-state index contributed by atoms with van der Waals surface area (Å²) in [5.74, 6) is 0.384. The molecule has 0 radical (unpaired) electrons. The monoisotopic (exact) mass is 445 g/mol. The molecule has 7 rings (SSSR count). The van der Waals surface area contributed by atoms with E-state index in [1.807, 2.05) is 18.5 Å². The molecule has 5 heteroatoms. The summed E-state index contributed by atoms with van der Waals surface area (Å²) in [5.41, 5.74) is 11.0. The van der Waals surface area contributed by atoms with Gasteiger partial charge in [0.25, 0.3) is 0 Å². The van der Waals surface area contributed by atoms with Gasteiger partial charge in [-0.05, 0) is 59.9 Å². The summed E-state index contributed by atoms with van der Waals surface area (Å²) in [6.45, 7) is 5.27. The normalized spacial score (nSPS) is 23.7. The largest absolute Gasteiger partial charge is 0.353 e. The van der Waals surface area contributed by atoms with E-state index in [9.17, 15) is 0 Å². The Morgan fingerprint density at radius 2 is 2.09 bits per heavy atom. The number of aromatic amines is 1. The third-order valence-corrected chi connectivity index (χ3v) is 7.19. The fourth-order valence-electron chi connectivity index (χ4n) is 5.46. The van der Waals surface area contributed by atoms with Crippen molar-refractivity contribution in [2.24, 2.45) is 10.9 Å². The van der Waals surface area contributed by atoms with Crippen molar-refractivity contribution in [1.82, 2.24) is 20.2 Å². The third kappa shape index (κ3) is 3.27. The zero-order valence-corrected chi connectivity index (χ0v) is 19.3. The second-order valence-electron chi connectivity index (χ2n) is 9.58. The van der Waals surface area contributed by atoms with Gasteiger partial charge in [0.15, 0.2) is 0 Å². The Hall–Kier alpha value is -3.70. The Labute approximate surface area is 199 Å². The van der Waals surface area contributed by atoms with Gasteiger partial charge in [-0.3, -0.25) is 9.98 Å². The first-order chi connectivity index (χ1) is 16.7. The maximum atomic E-state index is 5.19. The van der Waals surface area contributed by atoms with E-state index in [0.29, 0.717) is 5.92 Å². The molecule has 3 aliphatic heterocycles. The Morgan fingerprint density at radius 1 is 1.12 bits per heavy atom. The molecule has 4 aliphatic rings. The molecule has 0 bridgehead atoms. The number of hydrogen-bond acceptors (Lipinski definition) is 4. The number of allylic oxidation sites excluding steroid dienone is 5. The number of rotatable bonds is 3. The van der Waals surface area contributed by atoms with Gasteiger partial charge in [0.05, 0.1) is 18.0 Å². The number of nitrogens with zero attached hydrogens (tertiary/aromatic N) is 3. The van der Waals surface area contributed by atoms with Gasteiger partial charge < -0.3 is 15.2 Å². The molecule has 2 aromatic heterocycles. The minimum atomic E-state index is 0.259. The van der Waals surface area contributed by atoms with E-state index in [0.717, 1.165) is 48.5 Å². The van der Waals surface area contributed by atoms with Gasteiger partial charge in [-0.1, -0.05) is 43.4 Å². The number of aliphatic imine (C=N–C) groups is 1. The van der Waals surface area contributed by atoms with Crippen LogP contribution in [0.3, 0.4) is 0 Å². The van der Waals surface area contributed by atoms with E-state index in [1.165, 1.54) is 33.4 Å². The molecule has 5 nitrogen and oxygen atoms in total. The molecular formula is C29H27N5. The first-order valence-corrected chi connectivity index (χ1v) is 12.2. The number of pyridine rings is 1. The van der Waals surface area contributed by atoms with Crippen molar-refractivity contribution in [3.63, 3.8) is 0 Å². The topological polar surface area (TPSA) is 56.1 Å². The van der Waals surface area contributed by atoms with E-state index < -0.39 is 0 Å². The van der Waals surface area contributed by atoms with Crippen LogP contribution in [0.2, 0.25) is 0 Å². The number of hydrogen-bond donors (Lipinski definition) is 2. The molecular weight excluding hydrogens is 418 g/mol. The summed E-state index contributed by atoms with van der Waals surface area (Å²) in [6.07, 6.45) is 14.6. The average Bonchev–Trinajstić information content (AvgIpc) is 3.57. The lowest BCUT2D eigenvalue weighted by Crippen LogP contribution is -2.22. The van der Waals surface area contributed by atoms with Crippen LogP contribution in [-0.2, 0) is 0 Å². The summed E-state index contributed by atoms with van der Waals surface area (Å²) in [5, 5.41) is 4.65. The van der Waals surface area contributed by atoms with Crippen molar-refractivity contribution in [3.8, 4) is 11.1 Å². The molecule has 1 fully saturated rings. The van der Waals surface area contributed by atoms with E-state index in [4.69, 9.17) is 4.99 Å². The van der Waals surface area contributed by atoms with E-state index in [1.54, 1.807) is 0 Å². The molecule has 34 heavy (non-hydrogen) atoms. The lowest BCUT2D eigenvalue weighted by molar-refractivity contribution is 0.624. The highest BCUT2D eigenvalue weighted by Gasteiger charge is 2.43. The SMILES string of the molecule is C[C@H]1C=C(C2=CCNCC2)C=C2C(=C1)N1CC1N=C2c1cc2c(-c3cccnc3)cccc2[nH]1. The summed E-state index contributed by atoms with van der Waals surface area (Å²) >= 11 is 0. The molecule has 5 heterocycles. The molecule has 2 atom stereocenters. The molecule has 1 aromatic carbocycles. The number of H-pyrrole nitrogens is 1. The minimum Gasteiger partial charge on any atom is -0.353 e. The molecule has 0 amide bonds. The van der Waals surface area contributed by atoms with Crippen LogP contribution in [0.25, 0.3) is 22.0 Å². The molecule has 1 saturated heterocycles. The lowest BCUT2D eigenvalue weighted by atomic mass is 9.94. The standard InChI is InChI=1S/C29H27N5/c1-18-12-21(19-7-10-30-11-8-19)14-24-27(13-18)34-17-28(34)33-29(24)26-15-23-22(5-2-6-25(23)32-26)20-4-3-9-31-16-20/h2-7,9,12-16,18,28,30,32H,8,10-11,17H2,1H3/t18-,28?,34?/m0/s1. The first-order valence-electron chi connectivity index (χ1n) is 12.2. The van der Waals surface area contributed by atoms with Gasteiger partial charge in [-0.15, -0.1) is 0 Å². The van der Waals surface area contributed by atoms with Crippen molar-refractivity contribution < 1.29 is 0 Å². The van der Waals surface area contributed by atoms with Gasteiger partial charge in [-0.2, -0.15) is 0 Å². The lowest BCUT2D eigenvalue weighted by Gasteiger charge is -2.21. The van der Waals surface area contributed by atoms with Crippen molar-refractivity contribution in [3.05, 3.63) is 101 Å². The second-order valence-corrected chi connectivity index (χ2v) is 9.58. The van der Waals surface area contributed by atoms with Crippen molar-refractivity contribution >= 4 is 16.6 Å². The van der Waals surface area contributed by atoms with Gasteiger partial charge >= 0.3 is 0 Å². The number of aromatic nitrogens is 2. The predicted molar refractivity (Wildman–Crippen MR) is 138 cm³/mol. The number of nitrogens with one attached hydrogen (secondary N) is 2. The number of fused-ring (bicyclic) bond motifs is 4. The quantitative estimate of drug-likeness (QED) is 0.559. The highest BCUT2D eigenvalue weighted by atomic mass is 15.4. The highest BCUT2D eigenvalue weighted by Crippen LogP contribution is 2.41. The molecule has 168 valence electrons. The zero-order valence-electron chi connectivity index (χ0n) is 19.3. The Kier molecular flexibility index (Phi) is 4.46. The Bertz CT molecular complexity index is 1450. The van der Waals surface area contributed by atoms with Crippen LogP contribution < -0.4 is 5.32 Å². The Morgan fingerprint density at radius 3 is 2.94 bits per heavy atom. The third-order valence-electron chi connectivity index (χ3n) is 7.19. The average molecular weight is 446 g/mol. The van der Waals surface area contributed by atoms with E-state index in [2.05, 4.69) is 81.7 Å². The minimum absolute atomic E-state index is 0.259. The van der Waals surface area contributed by atoms with Gasteiger partial charge in [0.2, 0.25) is 0 Å². The van der Waals surface area contributed by atoms with Crippen LogP contribution >= 0.6 is 0 Å². The van der Waals surface area contributed by atoms with Crippen LogP contribution in [0.4, 0.5) is 0 Å². The smallest absolute Gasteiger partial charge is 0.139 e. The van der Waals surface area contributed by atoms with Crippen molar-refractivity contribution in [2.45, 2.75) is 19.5 Å². The van der Waals surface area contributed by atoms with Gasteiger partial charge in [0.1, 0.15) is 6.17 Å². The van der Waals surface area contributed by atoms with Crippen LogP contribution in [0.15, 0.2) is 101 Å². The molecule has 2 N–H and O–H groups in total.